The zero-order chi connectivity index (χ0) is 18.9. The number of aromatic nitrogens is 2. The van der Waals surface area contributed by atoms with Crippen molar-refractivity contribution < 1.29 is 0 Å². The Bertz CT molecular complexity index is 875. The van der Waals surface area contributed by atoms with E-state index in [-0.39, 0.29) is 5.56 Å². The van der Waals surface area contributed by atoms with Crippen molar-refractivity contribution in [3.8, 4) is 11.1 Å². The number of benzene rings is 2. The topological polar surface area (TPSA) is 38.1 Å². The van der Waals surface area contributed by atoms with Gasteiger partial charge in [-0.15, -0.1) is 0 Å². The van der Waals surface area contributed by atoms with Gasteiger partial charge in [0, 0.05) is 19.3 Å². The first-order chi connectivity index (χ1) is 13.3. The molecular formula is C23H27N3O. The van der Waals surface area contributed by atoms with Crippen LogP contribution < -0.4 is 5.56 Å². The van der Waals surface area contributed by atoms with Crippen LogP contribution in [0.1, 0.15) is 25.3 Å². The average Bonchev–Trinajstić information content (AvgIpc) is 2.72. The summed E-state index contributed by atoms with van der Waals surface area (Å²) in [6.07, 6.45) is 3.71. The van der Waals surface area contributed by atoms with Crippen molar-refractivity contribution >= 4 is 0 Å². The van der Waals surface area contributed by atoms with Crippen molar-refractivity contribution in [2.45, 2.75) is 32.9 Å². The van der Waals surface area contributed by atoms with Gasteiger partial charge in [0.15, 0.2) is 0 Å². The van der Waals surface area contributed by atoms with Gasteiger partial charge in [-0.25, -0.2) is 4.68 Å². The van der Waals surface area contributed by atoms with E-state index in [2.05, 4.69) is 41.2 Å². The van der Waals surface area contributed by atoms with Gasteiger partial charge in [-0.2, -0.15) is 5.10 Å². The predicted octanol–water partition coefficient (Wildman–Crippen LogP) is 4.21. The van der Waals surface area contributed by atoms with Crippen LogP contribution in [-0.4, -0.2) is 27.8 Å². The summed E-state index contributed by atoms with van der Waals surface area (Å²) in [7, 11) is 0. The first kappa shape index (κ1) is 19.1. The largest absolute Gasteiger partial charge is 0.299 e. The van der Waals surface area contributed by atoms with E-state index in [1.54, 1.807) is 16.9 Å². The Hall–Kier alpha value is -2.72. The van der Waals surface area contributed by atoms with Crippen LogP contribution in [0.3, 0.4) is 0 Å². The van der Waals surface area contributed by atoms with E-state index in [1.807, 2.05) is 36.4 Å². The van der Waals surface area contributed by atoms with E-state index in [0.29, 0.717) is 12.1 Å². The van der Waals surface area contributed by atoms with Crippen LogP contribution in [0.25, 0.3) is 11.1 Å². The summed E-state index contributed by atoms with van der Waals surface area (Å²) in [4.78, 5) is 15.1. The summed E-state index contributed by atoms with van der Waals surface area (Å²) in [5.74, 6) is 0. The molecule has 0 spiro atoms. The zero-order valence-electron chi connectivity index (χ0n) is 15.9. The Kier molecular flexibility index (Phi) is 6.94. The highest BCUT2D eigenvalue weighted by atomic mass is 16.1. The van der Waals surface area contributed by atoms with Crippen LogP contribution in [0.15, 0.2) is 77.7 Å². The molecule has 0 N–H and O–H groups in total. The Morgan fingerprint density at radius 3 is 2.33 bits per heavy atom. The standard InChI is InChI=1S/C23H27N3O/c1-2-25(19-20-11-5-3-6-12-20)17-9-10-18-26-23(27)22(15-16-24-26)21-13-7-4-8-14-21/h3-8,11-16H,2,9-10,17-19H2,1H3. The Morgan fingerprint density at radius 1 is 0.926 bits per heavy atom. The van der Waals surface area contributed by atoms with E-state index in [9.17, 15) is 4.79 Å². The molecule has 3 aromatic rings. The second-order valence-corrected chi connectivity index (χ2v) is 6.70. The number of hydrogen-bond donors (Lipinski definition) is 0. The summed E-state index contributed by atoms with van der Waals surface area (Å²) in [6.45, 7) is 5.87. The molecule has 0 aliphatic carbocycles. The van der Waals surface area contributed by atoms with Gasteiger partial charge in [-0.05, 0) is 43.1 Å². The Morgan fingerprint density at radius 2 is 1.63 bits per heavy atom. The number of unbranched alkanes of at least 4 members (excludes halogenated alkanes) is 1. The van der Waals surface area contributed by atoms with Gasteiger partial charge >= 0.3 is 0 Å². The number of hydrogen-bond acceptors (Lipinski definition) is 3. The second kappa shape index (κ2) is 9.83. The molecule has 0 saturated carbocycles. The second-order valence-electron chi connectivity index (χ2n) is 6.70. The maximum Gasteiger partial charge on any atom is 0.274 e. The third kappa shape index (κ3) is 5.38. The van der Waals surface area contributed by atoms with Crippen molar-refractivity contribution in [3.05, 3.63) is 88.8 Å². The van der Waals surface area contributed by atoms with E-state index >= 15 is 0 Å². The average molecular weight is 361 g/mol. The molecule has 3 rings (SSSR count). The molecule has 1 heterocycles. The van der Waals surface area contributed by atoms with Gasteiger partial charge in [0.2, 0.25) is 0 Å². The predicted molar refractivity (Wildman–Crippen MR) is 111 cm³/mol. The van der Waals surface area contributed by atoms with Gasteiger partial charge in [-0.3, -0.25) is 9.69 Å². The monoisotopic (exact) mass is 361 g/mol. The lowest BCUT2D eigenvalue weighted by Crippen LogP contribution is -2.26. The van der Waals surface area contributed by atoms with Crippen LogP contribution in [0.4, 0.5) is 0 Å². The fourth-order valence-electron chi connectivity index (χ4n) is 3.24. The fourth-order valence-corrected chi connectivity index (χ4v) is 3.24. The summed E-state index contributed by atoms with van der Waals surface area (Å²) >= 11 is 0. The molecule has 2 aromatic carbocycles. The van der Waals surface area contributed by atoms with Gasteiger partial charge in [0.1, 0.15) is 0 Å². The first-order valence-corrected chi connectivity index (χ1v) is 9.65. The number of aryl methyl sites for hydroxylation is 1. The van der Waals surface area contributed by atoms with Gasteiger partial charge in [0.25, 0.3) is 5.56 Å². The highest BCUT2D eigenvalue weighted by Crippen LogP contribution is 2.13. The van der Waals surface area contributed by atoms with Crippen molar-refractivity contribution in [1.29, 1.82) is 0 Å². The summed E-state index contributed by atoms with van der Waals surface area (Å²) in [6, 6.07) is 22.1. The maximum atomic E-state index is 12.7. The molecule has 0 radical (unpaired) electrons. The molecule has 0 fully saturated rings. The minimum Gasteiger partial charge on any atom is -0.299 e. The van der Waals surface area contributed by atoms with Crippen LogP contribution in [-0.2, 0) is 13.1 Å². The molecule has 0 unspecified atom stereocenters. The van der Waals surface area contributed by atoms with Crippen molar-refractivity contribution in [3.63, 3.8) is 0 Å². The van der Waals surface area contributed by atoms with Crippen LogP contribution in [0.2, 0.25) is 0 Å². The molecule has 4 heteroatoms. The maximum absolute atomic E-state index is 12.7. The fraction of sp³-hybridized carbons (Fsp3) is 0.304. The summed E-state index contributed by atoms with van der Waals surface area (Å²) in [5.41, 5.74) is 2.98. The third-order valence-corrected chi connectivity index (χ3v) is 4.79. The lowest BCUT2D eigenvalue weighted by Gasteiger charge is -2.20. The SMILES string of the molecule is CCN(CCCCn1nccc(-c2ccccc2)c1=O)Cc1ccccc1. The summed E-state index contributed by atoms with van der Waals surface area (Å²) in [5, 5.41) is 4.26. The number of rotatable bonds is 9. The van der Waals surface area contributed by atoms with Gasteiger partial charge in [-0.1, -0.05) is 67.6 Å². The van der Waals surface area contributed by atoms with Crippen molar-refractivity contribution in [2.24, 2.45) is 0 Å². The Labute approximate surface area is 161 Å². The highest BCUT2D eigenvalue weighted by molar-refractivity contribution is 5.61. The van der Waals surface area contributed by atoms with Crippen LogP contribution in [0, 0.1) is 0 Å². The Balaban J connectivity index is 1.54. The lowest BCUT2D eigenvalue weighted by molar-refractivity contribution is 0.270. The third-order valence-electron chi connectivity index (χ3n) is 4.79. The molecule has 0 aliphatic rings. The molecule has 140 valence electrons. The van der Waals surface area contributed by atoms with E-state index < -0.39 is 0 Å². The van der Waals surface area contributed by atoms with Crippen molar-refractivity contribution in [1.82, 2.24) is 14.7 Å². The molecule has 0 saturated heterocycles. The van der Waals surface area contributed by atoms with E-state index in [4.69, 9.17) is 0 Å². The summed E-state index contributed by atoms with van der Waals surface area (Å²) < 4.78 is 1.59. The molecule has 0 atom stereocenters. The molecular weight excluding hydrogens is 334 g/mol. The first-order valence-electron chi connectivity index (χ1n) is 9.65. The molecule has 0 aliphatic heterocycles. The van der Waals surface area contributed by atoms with Gasteiger partial charge < -0.3 is 0 Å². The number of nitrogens with zero attached hydrogens (tertiary/aromatic N) is 3. The molecule has 27 heavy (non-hydrogen) atoms. The smallest absolute Gasteiger partial charge is 0.274 e. The van der Waals surface area contributed by atoms with E-state index in [1.165, 1.54) is 5.56 Å². The lowest BCUT2D eigenvalue weighted by atomic mass is 10.1. The molecule has 0 bridgehead atoms. The van der Waals surface area contributed by atoms with E-state index in [0.717, 1.165) is 38.0 Å². The quantitative estimate of drug-likeness (QED) is 0.536. The minimum atomic E-state index is -0.0136. The van der Waals surface area contributed by atoms with Crippen molar-refractivity contribution in [2.75, 3.05) is 13.1 Å². The molecule has 0 amide bonds. The van der Waals surface area contributed by atoms with Crippen LogP contribution in [0.5, 0.6) is 0 Å². The zero-order valence-corrected chi connectivity index (χ0v) is 15.9. The van der Waals surface area contributed by atoms with Crippen LogP contribution >= 0.6 is 0 Å². The normalized spacial score (nSPS) is 11.0. The molecule has 1 aromatic heterocycles. The molecule has 4 nitrogen and oxygen atoms in total. The minimum absolute atomic E-state index is 0.0136. The van der Waals surface area contributed by atoms with Gasteiger partial charge in [0.05, 0.1) is 5.56 Å². The highest BCUT2D eigenvalue weighted by Gasteiger charge is 2.07.